The SMILES string of the molecule is [N-]=[N+]=NCCC(O)C(O)c1cnccc1N. The molecule has 0 amide bonds. The number of aliphatic hydroxyl groups is 2. The highest BCUT2D eigenvalue weighted by atomic mass is 16.3. The third-order valence-corrected chi connectivity index (χ3v) is 2.16. The Kier molecular flexibility index (Phi) is 4.53. The van der Waals surface area contributed by atoms with Crippen molar-refractivity contribution in [1.29, 1.82) is 0 Å². The van der Waals surface area contributed by atoms with E-state index in [0.29, 0.717) is 11.3 Å². The highest BCUT2D eigenvalue weighted by Crippen LogP contribution is 2.23. The lowest BCUT2D eigenvalue weighted by atomic mass is 10.0. The van der Waals surface area contributed by atoms with E-state index < -0.39 is 12.2 Å². The third kappa shape index (κ3) is 3.09. The summed E-state index contributed by atoms with van der Waals surface area (Å²) in [6, 6.07) is 1.54. The topological polar surface area (TPSA) is 128 Å². The summed E-state index contributed by atoms with van der Waals surface area (Å²) in [4.78, 5) is 6.36. The van der Waals surface area contributed by atoms with E-state index in [1.54, 1.807) is 6.07 Å². The monoisotopic (exact) mass is 223 g/mol. The number of hydrogen-bond donors (Lipinski definition) is 3. The summed E-state index contributed by atoms with van der Waals surface area (Å²) in [6.07, 6.45) is 0.911. The number of pyridine rings is 1. The lowest BCUT2D eigenvalue weighted by Gasteiger charge is -2.18. The standard InChI is InChI=1S/C9H13N5O2/c10-7-1-3-12-5-6(7)9(16)8(15)2-4-13-14-11/h1,3,5,8-9,15-16H,2,4H2,(H2,10,12). The van der Waals surface area contributed by atoms with Crippen molar-refractivity contribution in [2.24, 2.45) is 5.11 Å². The molecule has 1 rings (SSSR count). The molecule has 1 aromatic rings. The molecule has 0 saturated carbocycles. The summed E-state index contributed by atoms with van der Waals surface area (Å²) < 4.78 is 0. The Labute approximate surface area is 92.2 Å². The van der Waals surface area contributed by atoms with Crippen LogP contribution in [0.5, 0.6) is 0 Å². The Balaban J connectivity index is 2.66. The number of azide groups is 1. The molecule has 16 heavy (non-hydrogen) atoms. The molecular formula is C9H13N5O2. The average Bonchev–Trinajstić information content (AvgIpc) is 2.29. The molecule has 0 bridgehead atoms. The van der Waals surface area contributed by atoms with Crippen molar-refractivity contribution >= 4 is 5.69 Å². The van der Waals surface area contributed by atoms with E-state index in [1.165, 1.54) is 12.4 Å². The zero-order valence-corrected chi connectivity index (χ0v) is 8.56. The molecule has 0 spiro atoms. The maximum atomic E-state index is 9.76. The van der Waals surface area contributed by atoms with Crippen LogP contribution in [0.3, 0.4) is 0 Å². The Hall–Kier alpha value is -1.82. The largest absolute Gasteiger partial charge is 0.398 e. The molecule has 1 aromatic heterocycles. The molecule has 0 aliphatic heterocycles. The van der Waals surface area contributed by atoms with E-state index >= 15 is 0 Å². The van der Waals surface area contributed by atoms with Gasteiger partial charge in [-0.2, -0.15) is 0 Å². The third-order valence-electron chi connectivity index (χ3n) is 2.16. The Morgan fingerprint density at radius 1 is 1.56 bits per heavy atom. The second-order valence-electron chi connectivity index (χ2n) is 3.26. The Bertz CT molecular complexity index is 391. The zero-order chi connectivity index (χ0) is 12.0. The Morgan fingerprint density at radius 2 is 2.31 bits per heavy atom. The van der Waals surface area contributed by atoms with Gasteiger partial charge in [0.2, 0.25) is 0 Å². The molecule has 1 heterocycles. The number of aliphatic hydroxyl groups excluding tert-OH is 2. The Morgan fingerprint density at radius 3 is 2.94 bits per heavy atom. The van der Waals surface area contributed by atoms with Gasteiger partial charge in [0.25, 0.3) is 0 Å². The van der Waals surface area contributed by atoms with E-state index in [0.717, 1.165) is 0 Å². The predicted octanol–water partition coefficient (Wildman–Crippen LogP) is 0.758. The maximum absolute atomic E-state index is 9.76. The minimum atomic E-state index is -1.12. The average molecular weight is 223 g/mol. The fraction of sp³-hybridized carbons (Fsp3) is 0.444. The molecule has 7 heteroatoms. The van der Waals surface area contributed by atoms with Crippen molar-refractivity contribution in [2.75, 3.05) is 12.3 Å². The number of rotatable bonds is 5. The van der Waals surface area contributed by atoms with Gasteiger partial charge < -0.3 is 15.9 Å². The fourth-order valence-corrected chi connectivity index (χ4v) is 1.26. The van der Waals surface area contributed by atoms with Gasteiger partial charge in [-0.25, -0.2) is 0 Å². The van der Waals surface area contributed by atoms with Crippen LogP contribution < -0.4 is 5.73 Å². The van der Waals surface area contributed by atoms with Crippen LogP contribution in [0.4, 0.5) is 5.69 Å². The van der Waals surface area contributed by atoms with Gasteiger partial charge >= 0.3 is 0 Å². The molecule has 0 saturated heterocycles. The van der Waals surface area contributed by atoms with Crippen LogP contribution in [0.15, 0.2) is 23.6 Å². The second-order valence-corrected chi connectivity index (χ2v) is 3.26. The first-order valence-electron chi connectivity index (χ1n) is 4.73. The summed E-state index contributed by atoms with van der Waals surface area (Å²) in [5.74, 6) is 0. The van der Waals surface area contributed by atoms with Gasteiger partial charge in [0.1, 0.15) is 6.10 Å². The van der Waals surface area contributed by atoms with Gasteiger partial charge in [-0.15, -0.1) is 0 Å². The highest BCUT2D eigenvalue weighted by molar-refractivity contribution is 5.45. The van der Waals surface area contributed by atoms with Crippen LogP contribution in [-0.4, -0.2) is 27.8 Å². The summed E-state index contributed by atoms with van der Waals surface area (Å²) in [5, 5.41) is 22.6. The molecule has 0 radical (unpaired) electrons. The van der Waals surface area contributed by atoms with Gasteiger partial charge in [-0.1, -0.05) is 5.11 Å². The van der Waals surface area contributed by atoms with Crippen molar-refractivity contribution in [1.82, 2.24) is 4.98 Å². The van der Waals surface area contributed by atoms with E-state index in [2.05, 4.69) is 15.0 Å². The van der Waals surface area contributed by atoms with E-state index in [-0.39, 0.29) is 13.0 Å². The molecule has 0 aromatic carbocycles. The van der Waals surface area contributed by atoms with Crippen LogP contribution in [0.2, 0.25) is 0 Å². The van der Waals surface area contributed by atoms with Gasteiger partial charge in [0.15, 0.2) is 0 Å². The minimum absolute atomic E-state index is 0.120. The molecule has 2 unspecified atom stereocenters. The van der Waals surface area contributed by atoms with E-state index in [1.807, 2.05) is 0 Å². The van der Waals surface area contributed by atoms with Crippen molar-refractivity contribution in [2.45, 2.75) is 18.6 Å². The van der Waals surface area contributed by atoms with Crippen LogP contribution in [-0.2, 0) is 0 Å². The van der Waals surface area contributed by atoms with Crippen LogP contribution in [0.1, 0.15) is 18.1 Å². The van der Waals surface area contributed by atoms with Gasteiger partial charge in [0, 0.05) is 35.1 Å². The lowest BCUT2D eigenvalue weighted by molar-refractivity contribution is 0.0153. The summed E-state index contributed by atoms with van der Waals surface area (Å²) in [5.41, 5.74) is 14.4. The lowest BCUT2D eigenvalue weighted by Crippen LogP contribution is -2.20. The number of hydrogen-bond acceptors (Lipinski definition) is 5. The molecule has 7 nitrogen and oxygen atoms in total. The molecule has 0 fully saturated rings. The molecule has 4 N–H and O–H groups in total. The maximum Gasteiger partial charge on any atom is 0.108 e. The molecule has 0 aliphatic rings. The van der Waals surface area contributed by atoms with Gasteiger partial charge in [0.05, 0.1) is 6.10 Å². The molecule has 86 valence electrons. The highest BCUT2D eigenvalue weighted by Gasteiger charge is 2.19. The summed E-state index contributed by atoms with van der Waals surface area (Å²) in [7, 11) is 0. The molecular weight excluding hydrogens is 210 g/mol. The van der Waals surface area contributed by atoms with Crippen LogP contribution >= 0.6 is 0 Å². The van der Waals surface area contributed by atoms with Crippen LogP contribution in [0, 0.1) is 0 Å². The zero-order valence-electron chi connectivity index (χ0n) is 8.56. The summed E-state index contributed by atoms with van der Waals surface area (Å²) >= 11 is 0. The van der Waals surface area contributed by atoms with Gasteiger partial charge in [-0.3, -0.25) is 4.98 Å². The second kappa shape index (κ2) is 5.92. The predicted molar refractivity (Wildman–Crippen MR) is 58.2 cm³/mol. The number of nitrogens with two attached hydrogens (primary N) is 1. The number of aromatic nitrogens is 1. The fourth-order valence-electron chi connectivity index (χ4n) is 1.26. The van der Waals surface area contributed by atoms with Crippen molar-refractivity contribution in [3.8, 4) is 0 Å². The number of nitrogen functional groups attached to an aromatic ring is 1. The first-order valence-corrected chi connectivity index (χ1v) is 4.73. The first-order chi connectivity index (χ1) is 7.66. The molecule has 2 atom stereocenters. The van der Waals surface area contributed by atoms with Gasteiger partial charge in [-0.05, 0) is 18.0 Å². The number of nitrogens with zero attached hydrogens (tertiary/aromatic N) is 4. The minimum Gasteiger partial charge on any atom is -0.398 e. The van der Waals surface area contributed by atoms with E-state index in [9.17, 15) is 10.2 Å². The first kappa shape index (κ1) is 12.3. The van der Waals surface area contributed by atoms with Crippen molar-refractivity contribution in [3.63, 3.8) is 0 Å². The summed E-state index contributed by atoms with van der Waals surface area (Å²) in [6.45, 7) is 0.120. The quantitative estimate of drug-likeness (QED) is 0.386. The van der Waals surface area contributed by atoms with Crippen molar-refractivity contribution in [3.05, 3.63) is 34.5 Å². The van der Waals surface area contributed by atoms with Crippen LogP contribution in [0.25, 0.3) is 10.4 Å². The molecule has 0 aliphatic carbocycles. The smallest absolute Gasteiger partial charge is 0.108 e. The number of anilines is 1. The van der Waals surface area contributed by atoms with Crippen molar-refractivity contribution < 1.29 is 10.2 Å². The normalized spacial score (nSPS) is 13.9. The van der Waals surface area contributed by atoms with E-state index in [4.69, 9.17) is 11.3 Å².